The van der Waals surface area contributed by atoms with Crippen LogP contribution in [0.2, 0.25) is 0 Å². The average Bonchev–Trinajstić information content (AvgIpc) is 2.78. The molecule has 1 aromatic heterocycles. The van der Waals surface area contributed by atoms with Crippen molar-refractivity contribution in [1.29, 1.82) is 5.26 Å². The van der Waals surface area contributed by atoms with E-state index < -0.39 is 0 Å². The minimum absolute atomic E-state index is 0.228. The Labute approximate surface area is 131 Å². The molecule has 0 N–H and O–H groups in total. The first-order valence-corrected chi connectivity index (χ1v) is 7.63. The van der Waals surface area contributed by atoms with Crippen molar-refractivity contribution < 1.29 is 9.53 Å². The summed E-state index contributed by atoms with van der Waals surface area (Å²) in [4.78, 5) is 20.1. The molecule has 0 unspecified atom stereocenters. The minimum Gasteiger partial charge on any atom is -0.449 e. The van der Waals surface area contributed by atoms with E-state index >= 15 is 0 Å². The van der Waals surface area contributed by atoms with E-state index in [1.54, 1.807) is 17.2 Å². The fourth-order valence-corrected chi connectivity index (χ4v) is 2.33. The van der Waals surface area contributed by atoms with Gasteiger partial charge in [-0.3, -0.25) is 0 Å². The van der Waals surface area contributed by atoms with Crippen LogP contribution in [0.4, 0.5) is 10.5 Å². The van der Waals surface area contributed by atoms with Crippen molar-refractivity contribution >= 4 is 11.8 Å². The molecule has 6 heteroatoms. The number of hydrogen-bond acceptors (Lipinski definition) is 5. The first kappa shape index (κ1) is 16.1. The molecule has 1 fully saturated rings. The Morgan fingerprint density at radius 1 is 1.36 bits per heavy atom. The predicted molar refractivity (Wildman–Crippen MR) is 83.5 cm³/mol. The van der Waals surface area contributed by atoms with Gasteiger partial charge >= 0.3 is 6.09 Å². The summed E-state index contributed by atoms with van der Waals surface area (Å²) >= 11 is 0. The number of pyridine rings is 1. The van der Waals surface area contributed by atoms with Crippen LogP contribution in [0.25, 0.3) is 0 Å². The Bertz CT molecular complexity index is 536. The molecule has 1 amide bonds. The quantitative estimate of drug-likeness (QED) is 0.856. The zero-order chi connectivity index (χ0) is 15.9. The van der Waals surface area contributed by atoms with Crippen molar-refractivity contribution in [3.63, 3.8) is 0 Å². The normalized spacial score (nSPS) is 15.4. The molecule has 0 aliphatic carbocycles. The molecule has 0 spiro atoms. The smallest absolute Gasteiger partial charge is 0.409 e. The molecule has 1 aliphatic heterocycles. The first-order valence-electron chi connectivity index (χ1n) is 7.63. The first-order chi connectivity index (χ1) is 10.6. The van der Waals surface area contributed by atoms with Crippen LogP contribution in [0.15, 0.2) is 18.3 Å². The fourth-order valence-electron chi connectivity index (χ4n) is 2.33. The van der Waals surface area contributed by atoms with Gasteiger partial charge < -0.3 is 14.5 Å². The number of anilines is 1. The van der Waals surface area contributed by atoms with Crippen LogP contribution in [0.3, 0.4) is 0 Å². The second-order valence-electron chi connectivity index (χ2n) is 5.81. The molecule has 6 nitrogen and oxygen atoms in total. The topological polar surface area (TPSA) is 69.5 Å². The third kappa shape index (κ3) is 4.35. The number of carbonyl (C=O) groups is 1. The largest absolute Gasteiger partial charge is 0.449 e. The molecular formula is C16H22N4O2. The highest BCUT2D eigenvalue weighted by Gasteiger charge is 2.20. The number of rotatable bonds is 3. The van der Waals surface area contributed by atoms with Crippen molar-refractivity contribution in [2.24, 2.45) is 5.92 Å². The summed E-state index contributed by atoms with van der Waals surface area (Å²) < 4.78 is 5.29. The Morgan fingerprint density at radius 2 is 2.18 bits per heavy atom. The van der Waals surface area contributed by atoms with Crippen LogP contribution >= 0.6 is 0 Å². The van der Waals surface area contributed by atoms with E-state index in [1.165, 1.54) is 0 Å². The van der Waals surface area contributed by atoms with Gasteiger partial charge in [0.25, 0.3) is 0 Å². The van der Waals surface area contributed by atoms with Gasteiger partial charge in [0, 0.05) is 26.2 Å². The molecule has 1 aromatic rings. The number of nitriles is 1. The van der Waals surface area contributed by atoms with Gasteiger partial charge in [-0.05, 0) is 24.5 Å². The van der Waals surface area contributed by atoms with E-state index in [0.29, 0.717) is 31.3 Å². The highest BCUT2D eigenvalue weighted by atomic mass is 16.6. The number of ether oxygens (including phenoxy) is 1. The van der Waals surface area contributed by atoms with Gasteiger partial charge in [0.1, 0.15) is 11.8 Å². The second-order valence-corrected chi connectivity index (χ2v) is 5.81. The molecule has 22 heavy (non-hydrogen) atoms. The molecule has 0 saturated carbocycles. The second kappa shape index (κ2) is 7.64. The van der Waals surface area contributed by atoms with Crippen molar-refractivity contribution in [1.82, 2.24) is 9.88 Å². The minimum atomic E-state index is -0.228. The molecule has 118 valence electrons. The van der Waals surface area contributed by atoms with Crippen molar-refractivity contribution in [2.75, 3.05) is 37.7 Å². The SMILES string of the molecule is CC(C)COC(=O)N1CCCN(c2ccc(C#N)nc2)CC1. The predicted octanol–water partition coefficient (Wildman–Crippen LogP) is 2.26. The van der Waals surface area contributed by atoms with Gasteiger partial charge in [0.15, 0.2) is 0 Å². The molecule has 2 heterocycles. The van der Waals surface area contributed by atoms with Crippen LogP contribution in [0.5, 0.6) is 0 Å². The van der Waals surface area contributed by atoms with Crippen LogP contribution in [0.1, 0.15) is 26.0 Å². The summed E-state index contributed by atoms with van der Waals surface area (Å²) in [6.07, 6.45) is 2.37. The molecular weight excluding hydrogens is 280 g/mol. The summed E-state index contributed by atoms with van der Waals surface area (Å²) in [5.74, 6) is 0.345. The van der Waals surface area contributed by atoms with Crippen LogP contribution in [-0.2, 0) is 4.74 Å². The average molecular weight is 302 g/mol. The van der Waals surface area contributed by atoms with Crippen molar-refractivity contribution in [3.05, 3.63) is 24.0 Å². The molecule has 0 atom stereocenters. The molecule has 0 bridgehead atoms. The van der Waals surface area contributed by atoms with Gasteiger partial charge in [-0.2, -0.15) is 5.26 Å². The van der Waals surface area contributed by atoms with Gasteiger partial charge in [-0.25, -0.2) is 9.78 Å². The summed E-state index contributed by atoms with van der Waals surface area (Å²) in [6, 6.07) is 5.63. The summed E-state index contributed by atoms with van der Waals surface area (Å²) in [7, 11) is 0. The van der Waals surface area contributed by atoms with Crippen LogP contribution in [-0.4, -0.2) is 48.8 Å². The van der Waals surface area contributed by atoms with Crippen LogP contribution in [0, 0.1) is 17.2 Å². The maximum Gasteiger partial charge on any atom is 0.409 e. The van der Waals surface area contributed by atoms with Gasteiger partial charge in [-0.15, -0.1) is 0 Å². The lowest BCUT2D eigenvalue weighted by molar-refractivity contribution is 0.0943. The zero-order valence-corrected chi connectivity index (χ0v) is 13.2. The monoisotopic (exact) mass is 302 g/mol. The summed E-state index contributed by atoms with van der Waals surface area (Å²) in [5, 5.41) is 8.78. The van der Waals surface area contributed by atoms with E-state index in [9.17, 15) is 4.79 Å². The maximum absolute atomic E-state index is 12.0. The van der Waals surface area contributed by atoms with Gasteiger partial charge in [0.05, 0.1) is 18.5 Å². The van der Waals surface area contributed by atoms with E-state index in [0.717, 1.165) is 25.2 Å². The number of carbonyl (C=O) groups excluding carboxylic acids is 1. The molecule has 2 rings (SSSR count). The van der Waals surface area contributed by atoms with E-state index in [1.807, 2.05) is 26.0 Å². The highest BCUT2D eigenvalue weighted by molar-refractivity contribution is 5.67. The molecule has 1 aliphatic rings. The van der Waals surface area contributed by atoms with E-state index in [2.05, 4.69) is 9.88 Å². The third-order valence-electron chi connectivity index (χ3n) is 3.52. The number of amides is 1. The van der Waals surface area contributed by atoms with E-state index in [-0.39, 0.29) is 6.09 Å². The summed E-state index contributed by atoms with van der Waals surface area (Å²) in [5.41, 5.74) is 1.40. The van der Waals surface area contributed by atoms with Gasteiger partial charge in [-0.1, -0.05) is 13.8 Å². The molecule has 0 radical (unpaired) electrons. The van der Waals surface area contributed by atoms with Gasteiger partial charge in [0.2, 0.25) is 0 Å². The lowest BCUT2D eigenvalue weighted by Gasteiger charge is -2.23. The fraction of sp³-hybridized carbons (Fsp3) is 0.562. The van der Waals surface area contributed by atoms with Crippen molar-refractivity contribution in [2.45, 2.75) is 20.3 Å². The molecule has 1 saturated heterocycles. The Kier molecular flexibility index (Phi) is 5.59. The number of hydrogen-bond donors (Lipinski definition) is 0. The lowest BCUT2D eigenvalue weighted by Crippen LogP contribution is -2.36. The Balaban J connectivity index is 1.91. The summed E-state index contributed by atoms with van der Waals surface area (Å²) in [6.45, 7) is 7.45. The number of nitrogens with zero attached hydrogens (tertiary/aromatic N) is 4. The lowest BCUT2D eigenvalue weighted by atomic mass is 10.2. The standard InChI is InChI=1S/C16H22N4O2/c1-13(2)12-22-16(21)20-7-3-6-19(8-9-20)15-5-4-14(10-17)18-11-15/h4-5,11,13H,3,6-9,12H2,1-2H3. The number of aromatic nitrogens is 1. The van der Waals surface area contributed by atoms with Crippen LogP contribution < -0.4 is 4.90 Å². The van der Waals surface area contributed by atoms with E-state index in [4.69, 9.17) is 10.00 Å². The third-order valence-corrected chi connectivity index (χ3v) is 3.52. The van der Waals surface area contributed by atoms with Crippen molar-refractivity contribution in [3.8, 4) is 6.07 Å². The Hall–Kier alpha value is -2.29. The zero-order valence-electron chi connectivity index (χ0n) is 13.2. The Morgan fingerprint density at radius 3 is 2.82 bits per heavy atom. The maximum atomic E-state index is 12.0. The molecule has 0 aromatic carbocycles. The highest BCUT2D eigenvalue weighted by Crippen LogP contribution is 2.16.